The van der Waals surface area contributed by atoms with Gasteiger partial charge in [0.1, 0.15) is 0 Å². The van der Waals surface area contributed by atoms with Crippen molar-refractivity contribution < 1.29 is 5.48 Å². The molecule has 0 aromatic heterocycles. The Hall–Kier alpha value is 1.02. The van der Waals surface area contributed by atoms with Crippen molar-refractivity contribution in [3.05, 3.63) is 0 Å². The summed E-state index contributed by atoms with van der Waals surface area (Å²) in [6.45, 7) is 0. The monoisotopic (exact) mass is 88.0 g/mol. The molecule has 4 heavy (non-hydrogen) atoms. The van der Waals surface area contributed by atoms with Crippen molar-refractivity contribution in [2.24, 2.45) is 0 Å². The van der Waals surface area contributed by atoms with Crippen LogP contribution in [0, 0.1) is 0 Å². The molecule has 0 fully saturated rings. The number of hydrogen-bond acceptors (Lipinski definition) is 0. The molecule has 0 bridgehead atoms. The highest BCUT2D eigenvalue weighted by Gasteiger charge is 0.00103. The summed E-state index contributed by atoms with van der Waals surface area (Å²) < 4.78 is 0. The fraction of sp³-hybridized carbons (Fsp3) is 1.00. The summed E-state index contributed by atoms with van der Waals surface area (Å²) >= 11 is 0. The second-order valence-corrected chi connectivity index (χ2v) is 0. The first-order chi connectivity index (χ1) is 0. The van der Waals surface area contributed by atoms with Crippen molar-refractivity contribution in [3.8, 4) is 0 Å². The van der Waals surface area contributed by atoms with Crippen molar-refractivity contribution in [2.45, 2.75) is 7.43 Å². The molecule has 0 aliphatic rings. The molecule has 0 aromatic rings. The Labute approximate surface area is 48.0 Å². The van der Waals surface area contributed by atoms with E-state index in [9.17, 15) is 0 Å². The van der Waals surface area contributed by atoms with Crippen LogP contribution in [0.2, 0.25) is 0 Å². The van der Waals surface area contributed by atoms with Crippen molar-refractivity contribution >= 4 is 34.7 Å². The molecule has 3 heteroatoms. The van der Waals surface area contributed by atoms with E-state index in [1.165, 1.54) is 0 Å². The molecular weight excluding hydrogens is 82.0 g/mol. The molecule has 0 amide bonds. The predicted molar refractivity (Wildman–Crippen MR) is 21.9 cm³/mol. The first-order valence-corrected chi connectivity index (χ1v) is 0. The fourth-order valence-electron chi connectivity index (χ4n) is 0. The van der Waals surface area contributed by atoms with Crippen LogP contribution >= 0.6 is 0 Å². The number of rotatable bonds is 0. The first kappa shape index (κ1) is 77.5. The zero-order chi connectivity index (χ0) is 0. The normalized spacial score (nSPS) is 0. The van der Waals surface area contributed by atoms with E-state index in [0.29, 0.717) is 0 Å². The molecule has 0 atom stereocenters. The van der Waals surface area contributed by atoms with Crippen LogP contribution in [0.25, 0.3) is 0 Å². The van der Waals surface area contributed by atoms with Gasteiger partial charge in [-0.3, -0.25) is 0 Å². The van der Waals surface area contributed by atoms with Gasteiger partial charge in [-0.15, -0.1) is 0 Å². The lowest BCUT2D eigenvalue weighted by Gasteiger charge is -0.412. The molecule has 0 heterocycles. The van der Waals surface area contributed by atoms with Gasteiger partial charge in [0.2, 0.25) is 0 Å². The van der Waals surface area contributed by atoms with Gasteiger partial charge in [-0.05, 0) is 0 Å². The van der Waals surface area contributed by atoms with Crippen molar-refractivity contribution in [3.63, 3.8) is 0 Å². The summed E-state index contributed by atoms with van der Waals surface area (Å²) in [7, 11) is 0. The van der Waals surface area contributed by atoms with Crippen molar-refractivity contribution in [1.82, 2.24) is 0 Å². The quantitative estimate of drug-likeness (QED) is 0.342. The highest BCUT2D eigenvalue weighted by atomic mass is 27.0. The van der Waals surface area contributed by atoms with Crippen LogP contribution < -0.4 is 0 Å². The third-order valence-corrected chi connectivity index (χ3v) is 0. The Kier molecular flexibility index (Phi) is 679. The van der Waals surface area contributed by atoms with Gasteiger partial charge in [0, 0.05) is 34.7 Å². The largest absolute Gasteiger partial charge is 0.412 e. The highest BCUT2D eigenvalue weighted by molar-refractivity contribution is 5.76. The average Bonchev–Trinajstić information content (AvgIpc) is 0. The smallest absolute Gasteiger partial charge is 0 e. The predicted octanol–water partition coefficient (Wildman–Crippen LogP) is -0.950. The Bertz CT molecular complexity index is 6.00. The molecule has 0 saturated carbocycles. The average molecular weight is 88.0 g/mol. The molecule has 0 spiro atoms. The Morgan fingerprint density at radius 2 is 0.750 bits per heavy atom. The lowest BCUT2D eigenvalue weighted by atomic mass is 12.0. The zero-order valence-corrected chi connectivity index (χ0v) is 3.96. The molecule has 0 aliphatic carbocycles. The van der Waals surface area contributed by atoms with Crippen molar-refractivity contribution in [2.75, 3.05) is 0 Å². The summed E-state index contributed by atoms with van der Waals surface area (Å²) in [6.07, 6.45) is 0. The van der Waals surface area contributed by atoms with E-state index in [1.54, 1.807) is 0 Å². The van der Waals surface area contributed by atoms with Gasteiger partial charge in [0.15, 0.2) is 0 Å². The van der Waals surface area contributed by atoms with E-state index in [-0.39, 0.29) is 47.6 Å². The van der Waals surface area contributed by atoms with Crippen LogP contribution in [-0.2, 0) is 0 Å². The summed E-state index contributed by atoms with van der Waals surface area (Å²) in [5.41, 5.74) is 0. The van der Waals surface area contributed by atoms with E-state index in [1.807, 2.05) is 0 Å². The SMILES string of the molecule is C.O.[Al].[Al]. The maximum atomic E-state index is 0. The molecule has 2 N–H and O–H groups in total. The van der Waals surface area contributed by atoms with Crippen LogP contribution in [0.15, 0.2) is 0 Å². The summed E-state index contributed by atoms with van der Waals surface area (Å²) in [4.78, 5) is 0. The van der Waals surface area contributed by atoms with Crippen LogP contribution in [0.3, 0.4) is 0 Å². The van der Waals surface area contributed by atoms with E-state index in [4.69, 9.17) is 0 Å². The summed E-state index contributed by atoms with van der Waals surface area (Å²) in [5.74, 6) is 0. The molecular formula is CH6Al2O. The summed E-state index contributed by atoms with van der Waals surface area (Å²) in [6, 6.07) is 0. The first-order valence-electron chi connectivity index (χ1n) is 0. The van der Waals surface area contributed by atoms with Gasteiger partial charge in [-0.25, -0.2) is 0 Å². The van der Waals surface area contributed by atoms with E-state index < -0.39 is 0 Å². The van der Waals surface area contributed by atoms with Gasteiger partial charge in [-0.2, -0.15) is 0 Å². The molecule has 0 aliphatic heterocycles. The molecule has 1 nitrogen and oxygen atoms in total. The highest BCUT2D eigenvalue weighted by Crippen LogP contribution is 0.144. The topological polar surface area (TPSA) is 31.5 Å². The van der Waals surface area contributed by atoms with Crippen LogP contribution in [0.1, 0.15) is 7.43 Å². The third kappa shape index (κ3) is 11.8. The number of hydrogen-bond donors (Lipinski definition) is 0. The molecule has 0 unspecified atom stereocenters. The lowest BCUT2D eigenvalue weighted by molar-refractivity contribution is 0.824. The molecule has 0 rings (SSSR count). The van der Waals surface area contributed by atoms with Gasteiger partial charge in [-0.1, -0.05) is 7.43 Å². The lowest BCUT2D eigenvalue weighted by Crippen LogP contribution is -0.382. The third-order valence-electron chi connectivity index (χ3n) is 0. The van der Waals surface area contributed by atoms with E-state index in [2.05, 4.69) is 0 Å². The van der Waals surface area contributed by atoms with E-state index >= 15 is 0 Å². The van der Waals surface area contributed by atoms with Crippen LogP contribution in [0.4, 0.5) is 0 Å². The Morgan fingerprint density at radius 1 is 0.750 bits per heavy atom. The standard InChI is InChI=1S/CH4.2Al.H2O/h1H4;;;1H2. The Morgan fingerprint density at radius 3 is 0.750 bits per heavy atom. The van der Waals surface area contributed by atoms with Crippen LogP contribution in [-0.4, -0.2) is 40.2 Å². The zero-order valence-electron chi connectivity index (χ0n) is 1.65. The maximum Gasteiger partial charge on any atom is 0 e. The Balaban J connectivity index is 0. The van der Waals surface area contributed by atoms with Crippen molar-refractivity contribution in [1.29, 1.82) is 0 Å². The molecule has 0 saturated heterocycles. The minimum atomic E-state index is 0. The minimum Gasteiger partial charge on any atom is -0.412 e. The van der Waals surface area contributed by atoms with Gasteiger partial charge < -0.3 is 5.48 Å². The van der Waals surface area contributed by atoms with Gasteiger partial charge >= 0.3 is 0 Å². The fourth-order valence-corrected chi connectivity index (χ4v) is 0. The van der Waals surface area contributed by atoms with Gasteiger partial charge in [0.05, 0.1) is 0 Å². The maximum absolute atomic E-state index is 0. The van der Waals surface area contributed by atoms with Crippen LogP contribution in [0.5, 0.6) is 0 Å². The molecule has 22 valence electrons. The molecule has 6 radical (unpaired) electrons. The van der Waals surface area contributed by atoms with Gasteiger partial charge in [0.25, 0.3) is 0 Å². The van der Waals surface area contributed by atoms with E-state index in [0.717, 1.165) is 0 Å². The second kappa shape index (κ2) is 35.1. The molecule has 0 aromatic carbocycles. The second-order valence-electron chi connectivity index (χ2n) is 0. The summed E-state index contributed by atoms with van der Waals surface area (Å²) in [5, 5.41) is 0. The minimum absolute atomic E-state index is 0.